The van der Waals surface area contributed by atoms with Crippen LogP contribution in [0.15, 0.2) is 0 Å². The second-order valence-corrected chi connectivity index (χ2v) is 4.39. The average Bonchev–Trinajstić information content (AvgIpc) is 2.00. The van der Waals surface area contributed by atoms with Crippen LogP contribution < -0.4 is 0 Å². The normalized spacial score (nSPS) is 53.4. The molecule has 0 spiro atoms. The third kappa shape index (κ3) is 0.810. The summed E-state index contributed by atoms with van der Waals surface area (Å²) in [6, 6.07) is 0. The SMILES string of the molecule is C[C@@H]1C2CCC(CC2)[C@@H]1C. The molecule has 0 amide bonds. The zero-order valence-electron chi connectivity index (χ0n) is 7.14. The predicted octanol–water partition coefficient (Wildman–Crippen LogP) is 3.08. The Bertz CT molecular complexity index is 100. The molecule has 3 rings (SSSR count). The second kappa shape index (κ2) is 2.25. The first-order valence-electron chi connectivity index (χ1n) is 4.79. The van der Waals surface area contributed by atoms with Gasteiger partial charge in [-0.2, -0.15) is 0 Å². The van der Waals surface area contributed by atoms with Crippen molar-refractivity contribution in [2.24, 2.45) is 23.7 Å². The lowest BCUT2D eigenvalue weighted by Crippen LogP contribution is -2.36. The predicted molar refractivity (Wildman–Crippen MR) is 43.8 cm³/mol. The van der Waals surface area contributed by atoms with Gasteiger partial charge in [0.15, 0.2) is 0 Å². The second-order valence-electron chi connectivity index (χ2n) is 4.39. The van der Waals surface area contributed by atoms with Gasteiger partial charge in [0.25, 0.3) is 0 Å². The van der Waals surface area contributed by atoms with E-state index in [1.165, 1.54) is 25.7 Å². The average molecular weight is 138 g/mol. The number of rotatable bonds is 0. The summed E-state index contributed by atoms with van der Waals surface area (Å²) in [7, 11) is 0. The van der Waals surface area contributed by atoms with Crippen LogP contribution in [-0.2, 0) is 0 Å². The largest absolute Gasteiger partial charge is 0.0620 e. The zero-order valence-corrected chi connectivity index (χ0v) is 7.14. The van der Waals surface area contributed by atoms with Gasteiger partial charge >= 0.3 is 0 Å². The van der Waals surface area contributed by atoms with Gasteiger partial charge in [0.2, 0.25) is 0 Å². The third-order valence-corrected chi connectivity index (χ3v) is 4.13. The summed E-state index contributed by atoms with van der Waals surface area (Å²) >= 11 is 0. The molecule has 10 heavy (non-hydrogen) atoms. The quantitative estimate of drug-likeness (QED) is 0.482. The molecule has 0 aliphatic heterocycles. The van der Waals surface area contributed by atoms with Crippen molar-refractivity contribution in [3.05, 3.63) is 0 Å². The van der Waals surface area contributed by atoms with E-state index in [0.717, 1.165) is 23.7 Å². The fourth-order valence-corrected chi connectivity index (χ4v) is 3.06. The number of hydrogen-bond donors (Lipinski definition) is 0. The maximum absolute atomic E-state index is 2.46. The number of fused-ring (bicyclic) bond motifs is 3. The minimum atomic E-state index is 1.03. The molecule has 3 aliphatic rings. The van der Waals surface area contributed by atoms with E-state index in [9.17, 15) is 0 Å². The molecule has 0 N–H and O–H groups in total. The highest BCUT2D eigenvalue weighted by molar-refractivity contribution is 4.88. The van der Waals surface area contributed by atoms with E-state index in [0.29, 0.717) is 0 Å². The van der Waals surface area contributed by atoms with E-state index in [4.69, 9.17) is 0 Å². The van der Waals surface area contributed by atoms with Gasteiger partial charge in [-0.25, -0.2) is 0 Å². The number of hydrogen-bond acceptors (Lipinski definition) is 0. The smallest absolute Gasteiger partial charge is 0.0386 e. The summed E-state index contributed by atoms with van der Waals surface area (Å²) < 4.78 is 0. The lowest BCUT2D eigenvalue weighted by molar-refractivity contribution is 0.0455. The Morgan fingerprint density at radius 1 is 0.700 bits per heavy atom. The van der Waals surface area contributed by atoms with E-state index in [1.807, 2.05) is 0 Å². The topological polar surface area (TPSA) is 0 Å². The minimum Gasteiger partial charge on any atom is -0.0620 e. The van der Waals surface area contributed by atoms with Crippen molar-refractivity contribution in [2.45, 2.75) is 39.5 Å². The molecule has 3 saturated carbocycles. The van der Waals surface area contributed by atoms with Crippen molar-refractivity contribution in [3.63, 3.8) is 0 Å². The van der Waals surface area contributed by atoms with Gasteiger partial charge in [0.05, 0.1) is 0 Å². The first-order valence-corrected chi connectivity index (χ1v) is 4.79. The summed E-state index contributed by atoms with van der Waals surface area (Å²) in [5.74, 6) is 4.26. The summed E-state index contributed by atoms with van der Waals surface area (Å²) in [4.78, 5) is 0. The van der Waals surface area contributed by atoms with Crippen LogP contribution in [-0.4, -0.2) is 0 Å². The van der Waals surface area contributed by atoms with Crippen LogP contribution in [0.1, 0.15) is 39.5 Å². The van der Waals surface area contributed by atoms with Gasteiger partial charge in [-0.15, -0.1) is 0 Å². The Kier molecular flexibility index (Phi) is 1.51. The van der Waals surface area contributed by atoms with Crippen molar-refractivity contribution in [1.82, 2.24) is 0 Å². The molecule has 0 aromatic heterocycles. The molecular weight excluding hydrogens is 120 g/mol. The van der Waals surface area contributed by atoms with Gasteiger partial charge in [-0.05, 0) is 49.4 Å². The summed E-state index contributed by atoms with van der Waals surface area (Å²) in [5, 5.41) is 0. The van der Waals surface area contributed by atoms with E-state index >= 15 is 0 Å². The zero-order chi connectivity index (χ0) is 7.14. The van der Waals surface area contributed by atoms with E-state index in [1.54, 1.807) is 0 Å². The summed E-state index contributed by atoms with van der Waals surface area (Å²) in [6.45, 7) is 4.92. The van der Waals surface area contributed by atoms with E-state index < -0.39 is 0 Å². The van der Waals surface area contributed by atoms with Crippen molar-refractivity contribution in [3.8, 4) is 0 Å². The van der Waals surface area contributed by atoms with Crippen LogP contribution in [0.25, 0.3) is 0 Å². The molecule has 0 unspecified atom stereocenters. The summed E-state index contributed by atoms with van der Waals surface area (Å²) in [5.41, 5.74) is 0. The molecular formula is C10H18. The molecule has 0 radical (unpaired) electrons. The highest BCUT2D eigenvalue weighted by atomic mass is 14.4. The molecule has 2 bridgehead atoms. The van der Waals surface area contributed by atoms with Crippen LogP contribution in [0, 0.1) is 23.7 Å². The molecule has 0 heterocycles. The maximum atomic E-state index is 2.46. The first-order chi connectivity index (χ1) is 4.79. The highest BCUT2D eigenvalue weighted by Gasteiger charge is 2.38. The lowest BCUT2D eigenvalue weighted by Gasteiger charge is -2.46. The Morgan fingerprint density at radius 3 is 1.20 bits per heavy atom. The standard InChI is InChI=1S/C10H18/c1-7-8(2)10-5-3-9(7)4-6-10/h7-10H,3-6H2,1-2H3/t7-,8+,9?,10?. The Balaban J connectivity index is 2.13. The molecule has 0 nitrogen and oxygen atoms in total. The molecule has 0 aromatic rings. The Hall–Kier alpha value is 0. The lowest BCUT2D eigenvalue weighted by atomic mass is 9.60. The van der Waals surface area contributed by atoms with E-state index in [2.05, 4.69) is 13.8 Å². The fraction of sp³-hybridized carbons (Fsp3) is 1.00. The summed E-state index contributed by atoms with van der Waals surface area (Å²) in [6.07, 6.45) is 6.15. The Morgan fingerprint density at radius 2 is 1.00 bits per heavy atom. The van der Waals surface area contributed by atoms with Crippen LogP contribution >= 0.6 is 0 Å². The van der Waals surface area contributed by atoms with Crippen LogP contribution in [0.4, 0.5) is 0 Å². The van der Waals surface area contributed by atoms with Crippen molar-refractivity contribution < 1.29 is 0 Å². The van der Waals surface area contributed by atoms with Crippen LogP contribution in [0.5, 0.6) is 0 Å². The highest BCUT2D eigenvalue weighted by Crippen LogP contribution is 2.48. The maximum Gasteiger partial charge on any atom is -0.0386 e. The van der Waals surface area contributed by atoms with Gasteiger partial charge in [0.1, 0.15) is 0 Å². The van der Waals surface area contributed by atoms with Crippen molar-refractivity contribution in [2.75, 3.05) is 0 Å². The molecule has 0 aromatic carbocycles. The van der Waals surface area contributed by atoms with Gasteiger partial charge in [-0.1, -0.05) is 13.8 Å². The van der Waals surface area contributed by atoms with Crippen molar-refractivity contribution in [1.29, 1.82) is 0 Å². The fourth-order valence-electron chi connectivity index (χ4n) is 3.06. The van der Waals surface area contributed by atoms with Crippen molar-refractivity contribution >= 4 is 0 Å². The Labute approximate surface area is 64.0 Å². The van der Waals surface area contributed by atoms with Gasteiger partial charge in [0, 0.05) is 0 Å². The van der Waals surface area contributed by atoms with Gasteiger partial charge in [-0.3, -0.25) is 0 Å². The molecule has 2 atom stereocenters. The third-order valence-electron chi connectivity index (χ3n) is 4.13. The molecule has 3 fully saturated rings. The van der Waals surface area contributed by atoms with Crippen LogP contribution in [0.3, 0.4) is 0 Å². The molecule has 0 saturated heterocycles. The van der Waals surface area contributed by atoms with Crippen LogP contribution in [0.2, 0.25) is 0 Å². The molecule has 0 heteroatoms. The molecule has 58 valence electrons. The monoisotopic (exact) mass is 138 g/mol. The molecule has 3 aliphatic carbocycles. The van der Waals surface area contributed by atoms with Gasteiger partial charge < -0.3 is 0 Å². The minimum absolute atomic E-state index is 1.03. The first kappa shape index (κ1) is 6.69. The van der Waals surface area contributed by atoms with E-state index in [-0.39, 0.29) is 0 Å².